The summed E-state index contributed by atoms with van der Waals surface area (Å²) in [4.78, 5) is 0. The Kier molecular flexibility index (Phi) is 4.51. The van der Waals surface area contributed by atoms with Crippen LogP contribution in [-0.4, -0.2) is 12.6 Å². The quantitative estimate of drug-likeness (QED) is 0.800. The summed E-state index contributed by atoms with van der Waals surface area (Å²) in [5.74, 6) is 0. The fourth-order valence-corrected chi connectivity index (χ4v) is 1.90. The third-order valence-corrected chi connectivity index (χ3v) is 2.87. The third-order valence-electron chi connectivity index (χ3n) is 2.87. The van der Waals surface area contributed by atoms with Crippen molar-refractivity contribution in [3.8, 4) is 0 Å². The van der Waals surface area contributed by atoms with E-state index < -0.39 is 0 Å². The van der Waals surface area contributed by atoms with E-state index in [-0.39, 0.29) is 5.54 Å². The van der Waals surface area contributed by atoms with E-state index >= 15 is 0 Å². The number of rotatable bonds is 5. The van der Waals surface area contributed by atoms with Gasteiger partial charge in [0.1, 0.15) is 0 Å². The van der Waals surface area contributed by atoms with Gasteiger partial charge in [-0.2, -0.15) is 0 Å². The van der Waals surface area contributed by atoms with Gasteiger partial charge in [0.25, 0.3) is 0 Å². The topological polar surface area (TPSA) is 38.0 Å². The molecule has 16 heavy (non-hydrogen) atoms. The highest BCUT2D eigenvalue weighted by Crippen LogP contribution is 2.22. The Balaban J connectivity index is 2.79. The molecule has 0 amide bonds. The van der Waals surface area contributed by atoms with Crippen LogP contribution in [0.3, 0.4) is 0 Å². The van der Waals surface area contributed by atoms with E-state index in [1.54, 1.807) is 0 Å². The van der Waals surface area contributed by atoms with Crippen LogP contribution in [0.15, 0.2) is 24.3 Å². The first kappa shape index (κ1) is 13.2. The van der Waals surface area contributed by atoms with Gasteiger partial charge in [-0.05, 0) is 44.9 Å². The van der Waals surface area contributed by atoms with Gasteiger partial charge in [0.2, 0.25) is 0 Å². The Hall–Kier alpha value is -0.860. The summed E-state index contributed by atoms with van der Waals surface area (Å²) >= 11 is 0. The van der Waals surface area contributed by atoms with Gasteiger partial charge in [0.05, 0.1) is 0 Å². The molecule has 1 rings (SSSR count). The lowest BCUT2D eigenvalue weighted by molar-refractivity contribution is 0.396. The molecular formula is C14H24N2. The number of nitrogens with two attached hydrogens (primary N) is 1. The molecule has 1 unspecified atom stereocenters. The molecule has 90 valence electrons. The van der Waals surface area contributed by atoms with E-state index in [4.69, 9.17) is 5.73 Å². The molecule has 1 aromatic rings. The highest BCUT2D eigenvalue weighted by molar-refractivity contribution is 5.25. The molecular weight excluding hydrogens is 196 g/mol. The maximum Gasteiger partial charge on any atom is 0.0334 e. The molecule has 1 aromatic carbocycles. The van der Waals surface area contributed by atoms with E-state index in [1.165, 1.54) is 11.1 Å². The molecule has 0 aliphatic carbocycles. The zero-order valence-electron chi connectivity index (χ0n) is 10.9. The summed E-state index contributed by atoms with van der Waals surface area (Å²) in [7, 11) is 1.99. The maximum absolute atomic E-state index is 6.07. The zero-order valence-corrected chi connectivity index (χ0v) is 10.9. The van der Waals surface area contributed by atoms with E-state index in [9.17, 15) is 0 Å². The van der Waals surface area contributed by atoms with Crippen molar-refractivity contribution in [2.75, 3.05) is 7.05 Å². The SMILES string of the molecule is CCc1ccc(C(CC(C)(C)N)NC)cc1. The summed E-state index contributed by atoms with van der Waals surface area (Å²) in [5.41, 5.74) is 8.62. The van der Waals surface area contributed by atoms with Gasteiger partial charge in [-0.15, -0.1) is 0 Å². The van der Waals surface area contributed by atoms with Gasteiger partial charge >= 0.3 is 0 Å². The van der Waals surface area contributed by atoms with Crippen LogP contribution in [0.1, 0.15) is 44.4 Å². The summed E-state index contributed by atoms with van der Waals surface area (Å²) in [6.07, 6.45) is 2.03. The molecule has 0 radical (unpaired) electrons. The van der Waals surface area contributed by atoms with Gasteiger partial charge in [0, 0.05) is 11.6 Å². The minimum absolute atomic E-state index is 0.142. The first-order valence-corrected chi connectivity index (χ1v) is 6.01. The highest BCUT2D eigenvalue weighted by Gasteiger charge is 2.18. The monoisotopic (exact) mass is 220 g/mol. The third kappa shape index (κ3) is 3.95. The van der Waals surface area contributed by atoms with Crippen molar-refractivity contribution in [2.45, 2.75) is 45.2 Å². The summed E-state index contributed by atoms with van der Waals surface area (Å²) < 4.78 is 0. The number of hydrogen-bond acceptors (Lipinski definition) is 2. The van der Waals surface area contributed by atoms with Crippen molar-refractivity contribution in [1.29, 1.82) is 0 Å². The second-order valence-electron chi connectivity index (χ2n) is 5.13. The number of nitrogens with one attached hydrogen (secondary N) is 1. The molecule has 0 aliphatic rings. The normalized spacial score (nSPS) is 13.8. The van der Waals surface area contributed by atoms with E-state index in [0.29, 0.717) is 6.04 Å². The van der Waals surface area contributed by atoms with Gasteiger partial charge in [-0.3, -0.25) is 0 Å². The van der Waals surface area contributed by atoms with Crippen LogP contribution in [0.2, 0.25) is 0 Å². The molecule has 3 N–H and O–H groups in total. The fourth-order valence-electron chi connectivity index (χ4n) is 1.90. The van der Waals surface area contributed by atoms with E-state index in [2.05, 4.69) is 50.4 Å². The van der Waals surface area contributed by atoms with Crippen molar-refractivity contribution >= 4 is 0 Å². The Bertz CT molecular complexity index is 309. The molecule has 0 aliphatic heterocycles. The smallest absolute Gasteiger partial charge is 0.0334 e. The molecule has 0 spiro atoms. The van der Waals surface area contributed by atoms with Gasteiger partial charge in [-0.25, -0.2) is 0 Å². The lowest BCUT2D eigenvalue weighted by Gasteiger charge is -2.26. The maximum atomic E-state index is 6.07. The molecule has 0 fully saturated rings. The first-order chi connectivity index (χ1) is 7.46. The Morgan fingerprint density at radius 3 is 2.19 bits per heavy atom. The number of hydrogen-bond donors (Lipinski definition) is 2. The average Bonchev–Trinajstić information content (AvgIpc) is 2.25. The molecule has 2 heteroatoms. The molecule has 0 heterocycles. The highest BCUT2D eigenvalue weighted by atomic mass is 14.9. The van der Waals surface area contributed by atoms with Gasteiger partial charge < -0.3 is 11.1 Å². The zero-order chi connectivity index (χ0) is 12.2. The molecule has 0 saturated heterocycles. The second kappa shape index (κ2) is 5.46. The molecule has 2 nitrogen and oxygen atoms in total. The molecule has 0 aromatic heterocycles. The molecule has 0 saturated carbocycles. The van der Waals surface area contributed by atoms with Crippen molar-refractivity contribution in [3.63, 3.8) is 0 Å². The summed E-state index contributed by atoms with van der Waals surface area (Å²) in [5, 5.41) is 3.33. The van der Waals surface area contributed by atoms with Crippen molar-refractivity contribution in [1.82, 2.24) is 5.32 Å². The number of benzene rings is 1. The van der Waals surface area contributed by atoms with E-state index in [0.717, 1.165) is 12.8 Å². The van der Waals surface area contributed by atoms with Crippen LogP contribution in [0.4, 0.5) is 0 Å². The lowest BCUT2D eigenvalue weighted by atomic mass is 9.91. The minimum atomic E-state index is -0.142. The van der Waals surface area contributed by atoms with Crippen LogP contribution in [-0.2, 0) is 6.42 Å². The van der Waals surface area contributed by atoms with Crippen molar-refractivity contribution in [3.05, 3.63) is 35.4 Å². The standard InChI is InChI=1S/C14H24N2/c1-5-11-6-8-12(9-7-11)13(16-4)10-14(2,3)15/h6-9,13,16H,5,10,15H2,1-4H3. The number of aryl methyl sites for hydroxylation is 1. The van der Waals surface area contributed by atoms with E-state index in [1.807, 2.05) is 7.05 Å². The van der Waals surface area contributed by atoms with Crippen molar-refractivity contribution < 1.29 is 0 Å². The van der Waals surface area contributed by atoms with Gasteiger partial charge in [0.15, 0.2) is 0 Å². The van der Waals surface area contributed by atoms with Crippen LogP contribution in [0.5, 0.6) is 0 Å². The largest absolute Gasteiger partial charge is 0.325 e. The lowest BCUT2D eigenvalue weighted by Crippen LogP contribution is -2.36. The molecule has 1 atom stereocenters. The Morgan fingerprint density at radius 2 is 1.81 bits per heavy atom. The summed E-state index contributed by atoms with van der Waals surface area (Å²) in [6.45, 7) is 6.31. The predicted molar refractivity (Wildman–Crippen MR) is 70.5 cm³/mol. The van der Waals surface area contributed by atoms with Crippen LogP contribution < -0.4 is 11.1 Å². The van der Waals surface area contributed by atoms with Crippen LogP contribution in [0.25, 0.3) is 0 Å². The van der Waals surface area contributed by atoms with Crippen molar-refractivity contribution in [2.24, 2.45) is 5.73 Å². The first-order valence-electron chi connectivity index (χ1n) is 6.01. The minimum Gasteiger partial charge on any atom is -0.325 e. The fraction of sp³-hybridized carbons (Fsp3) is 0.571. The summed E-state index contributed by atoms with van der Waals surface area (Å²) in [6, 6.07) is 9.13. The van der Waals surface area contributed by atoms with Crippen LogP contribution >= 0.6 is 0 Å². The Labute approximate surface area is 99.2 Å². The molecule has 0 bridgehead atoms. The second-order valence-corrected chi connectivity index (χ2v) is 5.13. The van der Waals surface area contributed by atoms with Crippen LogP contribution in [0, 0.1) is 0 Å². The predicted octanol–water partition coefficient (Wildman–Crippen LogP) is 2.64. The van der Waals surface area contributed by atoms with Gasteiger partial charge in [-0.1, -0.05) is 31.2 Å². The average molecular weight is 220 g/mol. The Morgan fingerprint density at radius 1 is 1.25 bits per heavy atom.